The van der Waals surface area contributed by atoms with Gasteiger partial charge in [0.25, 0.3) is 0 Å². The molecule has 0 aromatic heterocycles. The van der Waals surface area contributed by atoms with Gasteiger partial charge in [-0.2, -0.15) is 0 Å². The van der Waals surface area contributed by atoms with Gasteiger partial charge in [0.1, 0.15) is 5.82 Å². The van der Waals surface area contributed by atoms with Crippen LogP contribution in [0.1, 0.15) is 20.3 Å². The highest BCUT2D eigenvalue weighted by molar-refractivity contribution is 6.30. The summed E-state index contributed by atoms with van der Waals surface area (Å²) in [4.78, 5) is 2.39. The first kappa shape index (κ1) is 12.7. The Hall–Kier alpha value is -0.800. The summed E-state index contributed by atoms with van der Waals surface area (Å²) in [7, 11) is 0. The smallest absolute Gasteiger partial charge is 0.147 e. The van der Waals surface area contributed by atoms with E-state index >= 15 is 0 Å². The highest BCUT2D eigenvalue weighted by Gasteiger charge is 2.24. The average Bonchev–Trinajstić information content (AvgIpc) is 2.71. The fraction of sp³-hybridized carbons (Fsp3) is 0.538. The number of likely N-dealkylation sites (tertiary alicyclic amines) is 1. The number of halogens is 2. The van der Waals surface area contributed by atoms with Crippen molar-refractivity contribution in [2.75, 3.05) is 18.4 Å². The molecule has 2 nitrogen and oxygen atoms in total. The topological polar surface area (TPSA) is 15.3 Å². The van der Waals surface area contributed by atoms with E-state index in [0.29, 0.717) is 22.8 Å². The van der Waals surface area contributed by atoms with Crippen LogP contribution in [0.5, 0.6) is 0 Å². The Morgan fingerprint density at radius 2 is 2.24 bits per heavy atom. The van der Waals surface area contributed by atoms with Gasteiger partial charge >= 0.3 is 0 Å². The van der Waals surface area contributed by atoms with Crippen molar-refractivity contribution in [2.45, 2.75) is 32.4 Å². The normalized spacial score (nSPS) is 21.1. The van der Waals surface area contributed by atoms with E-state index in [0.717, 1.165) is 19.5 Å². The van der Waals surface area contributed by atoms with Crippen molar-refractivity contribution in [3.63, 3.8) is 0 Å². The van der Waals surface area contributed by atoms with Crippen molar-refractivity contribution in [2.24, 2.45) is 0 Å². The van der Waals surface area contributed by atoms with E-state index in [1.54, 1.807) is 12.1 Å². The molecule has 0 amide bonds. The molecular weight excluding hydrogens is 239 g/mol. The van der Waals surface area contributed by atoms with Crippen molar-refractivity contribution in [3.8, 4) is 0 Å². The van der Waals surface area contributed by atoms with Gasteiger partial charge in [0.2, 0.25) is 0 Å². The Balaban J connectivity index is 1.98. The minimum absolute atomic E-state index is 0.277. The van der Waals surface area contributed by atoms with Crippen LogP contribution in [0.3, 0.4) is 0 Å². The molecule has 4 heteroatoms. The van der Waals surface area contributed by atoms with Crippen LogP contribution in [0.25, 0.3) is 0 Å². The summed E-state index contributed by atoms with van der Waals surface area (Å²) in [5.74, 6) is -0.277. The zero-order chi connectivity index (χ0) is 12.4. The van der Waals surface area contributed by atoms with Gasteiger partial charge in [-0.25, -0.2) is 4.39 Å². The first-order valence-electron chi connectivity index (χ1n) is 6.02. The molecule has 1 aromatic rings. The molecule has 0 spiro atoms. The number of nitrogens with zero attached hydrogens (tertiary/aromatic N) is 1. The molecule has 0 aliphatic carbocycles. The molecule has 1 atom stereocenters. The maximum absolute atomic E-state index is 13.6. The van der Waals surface area contributed by atoms with Crippen molar-refractivity contribution in [1.29, 1.82) is 0 Å². The van der Waals surface area contributed by atoms with Gasteiger partial charge in [-0.15, -0.1) is 0 Å². The molecular formula is C13H18ClFN2. The Kier molecular flexibility index (Phi) is 3.89. The van der Waals surface area contributed by atoms with E-state index in [2.05, 4.69) is 24.1 Å². The molecule has 0 radical (unpaired) electrons. The van der Waals surface area contributed by atoms with Crippen LogP contribution in [0, 0.1) is 5.82 Å². The van der Waals surface area contributed by atoms with Crippen LogP contribution in [-0.4, -0.2) is 30.1 Å². The molecule has 1 aliphatic heterocycles. The van der Waals surface area contributed by atoms with Crippen LogP contribution in [-0.2, 0) is 0 Å². The third kappa shape index (κ3) is 3.11. The standard InChI is InChI=1S/C13H18ClFN2/c1-9(2)17-6-5-11(8-17)16-13-4-3-10(14)7-12(13)15/h3-4,7,9,11,16H,5-6,8H2,1-2H3. The Morgan fingerprint density at radius 1 is 1.47 bits per heavy atom. The Labute approximate surface area is 107 Å². The maximum atomic E-state index is 13.6. The molecule has 0 saturated carbocycles. The van der Waals surface area contributed by atoms with Crippen molar-refractivity contribution in [3.05, 3.63) is 29.0 Å². The second-order valence-electron chi connectivity index (χ2n) is 4.84. The minimum atomic E-state index is -0.277. The van der Waals surface area contributed by atoms with Crippen molar-refractivity contribution >= 4 is 17.3 Å². The quantitative estimate of drug-likeness (QED) is 0.892. The van der Waals surface area contributed by atoms with Gasteiger partial charge < -0.3 is 5.32 Å². The van der Waals surface area contributed by atoms with Gasteiger partial charge in [0, 0.05) is 30.2 Å². The minimum Gasteiger partial charge on any atom is -0.379 e. The molecule has 2 rings (SSSR count). The average molecular weight is 257 g/mol. The monoisotopic (exact) mass is 256 g/mol. The molecule has 17 heavy (non-hydrogen) atoms. The van der Waals surface area contributed by atoms with Crippen LogP contribution in [0.4, 0.5) is 10.1 Å². The second-order valence-corrected chi connectivity index (χ2v) is 5.28. The molecule has 1 heterocycles. The molecule has 94 valence electrons. The summed E-state index contributed by atoms with van der Waals surface area (Å²) in [6.07, 6.45) is 1.06. The summed E-state index contributed by atoms with van der Waals surface area (Å²) in [6, 6.07) is 5.64. The molecule has 1 saturated heterocycles. The van der Waals surface area contributed by atoms with E-state index in [1.807, 2.05) is 0 Å². The van der Waals surface area contributed by atoms with E-state index in [-0.39, 0.29) is 5.82 Å². The third-order valence-corrected chi connectivity index (χ3v) is 3.48. The Bertz CT molecular complexity index is 395. The van der Waals surface area contributed by atoms with Crippen molar-refractivity contribution in [1.82, 2.24) is 4.90 Å². The van der Waals surface area contributed by atoms with Crippen LogP contribution in [0.2, 0.25) is 5.02 Å². The van der Waals surface area contributed by atoms with Crippen LogP contribution < -0.4 is 5.32 Å². The van der Waals surface area contributed by atoms with E-state index in [9.17, 15) is 4.39 Å². The Morgan fingerprint density at radius 3 is 2.82 bits per heavy atom. The summed E-state index contributed by atoms with van der Waals surface area (Å²) < 4.78 is 13.6. The van der Waals surface area contributed by atoms with Gasteiger partial charge in [-0.3, -0.25) is 4.90 Å². The summed E-state index contributed by atoms with van der Waals surface area (Å²) >= 11 is 5.72. The number of rotatable bonds is 3. The van der Waals surface area contributed by atoms with Gasteiger partial charge in [0.05, 0.1) is 5.69 Å². The lowest BCUT2D eigenvalue weighted by Gasteiger charge is -2.21. The number of benzene rings is 1. The highest BCUT2D eigenvalue weighted by Crippen LogP contribution is 2.22. The summed E-state index contributed by atoms with van der Waals surface area (Å²) in [5.41, 5.74) is 0.546. The van der Waals surface area contributed by atoms with Gasteiger partial charge in [-0.05, 0) is 38.5 Å². The first-order chi connectivity index (χ1) is 8.06. The summed E-state index contributed by atoms with van der Waals surface area (Å²) in [5, 5.41) is 3.68. The number of nitrogens with one attached hydrogen (secondary N) is 1. The van der Waals surface area contributed by atoms with Gasteiger partial charge in [-0.1, -0.05) is 11.6 Å². The molecule has 1 aliphatic rings. The zero-order valence-corrected chi connectivity index (χ0v) is 11.0. The van der Waals surface area contributed by atoms with Gasteiger partial charge in [0.15, 0.2) is 0 Å². The molecule has 1 N–H and O–H groups in total. The first-order valence-corrected chi connectivity index (χ1v) is 6.39. The summed E-state index contributed by atoms with van der Waals surface area (Å²) in [6.45, 7) is 6.42. The van der Waals surface area contributed by atoms with E-state index in [4.69, 9.17) is 11.6 Å². The zero-order valence-electron chi connectivity index (χ0n) is 10.2. The fourth-order valence-electron chi connectivity index (χ4n) is 2.20. The predicted molar refractivity (Wildman–Crippen MR) is 70.1 cm³/mol. The molecule has 1 aromatic carbocycles. The third-order valence-electron chi connectivity index (χ3n) is 3.24. The SMILES string of the molecule is CC(C)N1CCC(Nc2ccc(Cl)cc2F)C1. The number of hydrogen-bond acceptors (Lipinski definition) is 2. The molecule has 1 unspecified atom stereocenters. The predicted octanol–water partition coefficient (Wildman–Crippen LogP) is 3.37. The lowest BCUT2D eigenvalue weighted by atomic mass is 10.2. The fourth-order valence-corrected chi connectivity index (χ4v) is 2.36. The number of hydrogen-bond donors (Lipinski definition) is 1. The van der Waals surface area contributed by atoms with Crippen LogP contribution in [0.15, 0.2) is 18.2 Å². The largest absolute Gasteiger partial charge is 0.379 e. The van der Waals surface area contributed by atoms with E-state index < -0.39 is 0 Å². The number of anilines is 1. The second kappa shape index (κ2) is 5.23. The highest BCUT2D eigenvalue weighted by atomic mass is 35.5. The lowest BCUT2D eigenvalue weighted by molar-refractivity contribution is 0.274. The van der Waals surface area contributed by atoms with E-state index in [1.165, 1.54) is 6.07 Å². The molecule has 1 fully saturated rings. The van der Waals surface area contributed by atoms with Crippen LogP contribution >= 0.6 is 11.6 Å². The lowest BCUT2D eigenvalue weighted by Crippen LogP contribution is -2.31. The molecule has 0 bridgehead atoms. The maximum Gasteiger partial charge on any atom is 0.147 e. The van der Waals surface area contributed by atoms with Crippen molar-refractivity contribution < 1.29 is 4.39 Å².